The second-order valence-corrected chi connectivity index (χ2v) is 3.55. The third kappa shape index (κ3) is 2.32. The normalized spacial score (nSPS) is 14.4. The maximum absolute atomic E-state index is 12.9. The van der Waals surface area contributed by atoms with Gasteiger partial charge in [-0.1, -0.05) is 32.4 Å². The van der Waals surface area contributed by atoms with E-state index in [0.717, 1.165) is 12.0 Å². The monoisotopic (exact) mass is 191 g/mol. The zero-order valence-electron chi connectivity index (χ0n) is 8.50. The Balaban J connectivity index is 2.96. The highest BCUT2D eigenvalue weighted by Gasteiger charge is 2.17. The Kier molecular flexibility index (Phi) is 3.64. The van der Waals surface area contributed by atoms with Gasteiger partial charge in [0, 0.05) is 0 Å². The topological polar surface area (TPSA) is 23.8 Å². The van der Waals surface area contributed by atoms with Crippen LogP contribution in [0.25, 0.3) is 0 Å². The van der Waals surface area contributed by atoms with Crippen LogP contribution < -0.4 is 0 Å². The molecule has 1 aromatic carbocycles. The molecule has 0 radical (unpaired) electrons. The minimum atomic E-state index is -0.272. The molecule has 0 spiro atoms. The second-order valence-electron chi connectivity index (χ2n) is 3.55. The van der Waals surface area contributed by atoms with E-state index in [1.54, 1.807) is 6.07 Å². The van der Waals surface area contributed by atoms with Gasteiger partial charge in [-0.3, -0.25) is 0 Å². The molecule has 0 aromatic heterocycles. The molecule has 0 saturated carbocycles. The van der Waals surface area contributed by atoms with Crippen molar-refractivity contribution < 1.29 is 4.39 Å². The van der Waals surface area contributed by atoms with E-state index in [-0.39, 0.29) is 17.7 Å². The third-order valence-electron chi connectivity index (χ3n) is 2.56. The van der Waals surface area contributed by atoms with Gasteiger partial charge in [-0.05, 0) is 23.6 Å². The molecule has 0 fully saturated rings. The molecule has 74 valence electrons. The van der Waals surface area contributed by atoms with Crippen LogP contribution in [0.2, 0.25) is 0 Å². The van der Waals surface area contributed by atoms with Crippen molar-refractivity contribution in [1.82, 2.24) is 0 Å². The van der Waals surface area contributed by atoms with Crippen molar-refractivity contribution in [2.45, 2.75) is 26.2 Å². The van der Waals surface area contributed by atoms with Crippen LogP contribution in [0.15, 0.2) is 24.3 Å². The first-order valence-corrected chi connectivity index (χ1v) is 4.84. The van der Waals surface area contributed by atoms with E-state index in [1.807, 2.05) is 19.9 Å². The molecule has 0 N–H and O–H groups in total. The van der Waals surface area contributed by atoms with Crippen LogP contribution in [0, 0.1) is 23.1 Å². The maximum Gasteiger partial charge on any atom is 0.123 e. The molecule has 14 heavy (non-hydrogen) atoms. The van der Waals surface area contributed by atoms with Crippen molar-refractivity contribution in [1.29, 1.82) is 5.26 Å². The fourth-order valence-corrected chi connectivity index (χ4v) is 1.47. The minimum absolute atomic E-state index is 0.198. The van der Waals surface area contributed by atoms with Gasteiger partial charge in [-0.2, -0.15) is 5.26 Å². The van der Waals surface area contributed by atoms with Crippen LogP contribution in [0.4, 0.5) is 4.39 Å². The lowest BCUT2D eigenvalue weighted by Crippen LogP contribution is -2.06. The van der Waals surface area contributed by atoms with Gasteiger partial charge in [0.2, 0.25) is 0 Å². The average molecular weight is 191 g/mol. The van der Waals surface area contributed by atoms with Crippen molar-refractivity contribution in [2.75, 3.05) is 0 Å². The molecule has 2 unspecified atom stereocenters. The van der Waals surface area contributed by atoms with Gasteiger partial charge in [0.25, 0.3) is 0 Å². The molecule has 0 aliphatic heterocycles. The molecule has 0 aliphatic carbocycles. The molecule has 0 bridgehead atoms. The maximum atomic E-state index is 12.9. The van der Waals surface area contributed by atoms with Gasteiger partial charge in [-0.25, -0.2) is 4.39 Å². The van der Waals surface area contributed by atoms with E-state index in [2.05, 4.69) is 6.07 Å². The van der Waals surface area contributed by atoms with E-state index in [0.29, 0.717) is 0 Å². The summed E-state index contributed by atoms with van der Waals surface area (Å²) < 4.78 is 12.9. The summed E-state index contributed by atoms with van der Waals surface area (Å²) in [6.45, 7) is 4.05. The quantitative estimate of drug-likeness (QED) is 0.717. The molecular formula is C12H14FN. The fraction of sp³-hybridized carbons (Fsp3) is 0.417. The van der Waals surface area contributed by atoms with E-state index in [9.17, 15) is 4.39 Å². The molecule has 1 nitrogen and oxygen atoms in total. The summed E-state index contributed by atoms with van der Waals surface area (Å²) in [5.74, 6) is -0.205. The Morgan fingerprint density at radius 2 is 2.21 bits per heavy atom. The van der Waals surface area contributed by atoms with E-state index in [4.69, 9.17) is 5.26 Å². The highest BCUT2D eigenvalue weighted by atomic mass is 19.1. The molecule has 0 saturated heterocycles. The van der Waals surface area contributed by atoms with Crippen LogP contribution in [-0.2, 0) is 0 Å². The van der Waals surface area contributed by atoms with Crippen LogP contribution in [0.3, 0.4) is 0 Å². The predicted octanol–water partition coefficient (Wildman–Crippen LogP) is 3.48. The Morgan fingerprint density at radius 1 is 1.50 bits per heavy atom. The predicted molar refractivity (Wildman–Crippen MR) is 54.2 cm³/mol. The molecule has 1 aromatic rings. The van der Waals surface area contributed by atoms with Gasteiger partial charge in [0.15, 0.2) is 0 Å². The first-order chi connectivity index (χ1) is 6.69. The summed E-state index contributed by atoms with van der Waals surface area (Å²) in [6, 6.07) is 8.53. The summed E-state index contributed by atoms with van der Waals surface area (Å²) in [6.07, 6.45) is 0.925. The number of benzene rings is 1. The SMILES string of the molecule is CCC(C)C(C#N)c1cccc(F)c1. The smallest absolute Gasteiger partial charge is 0.123 e. The molecule has 0 aliphatic rings. The summed E-state index contributed by atoms with van der Waals surface area (Å²) in [7, 11) is 0. The Morgan fingerprint density at radius 3 is 2.71 bits per heavy atom. The Hall–Kier alpha value is -1.36. The zero-order valence-corrected chi connectivity index (χ0v) is 8.50. The van der Waals surface area contributed by atoms with Gasteiger partial charge in [0.1, 0.15) is 5.82 Å². The van der Waals surface area contributed by atoms with Crippen LogP contribution in [0.5, 0.6) is 0 Å². The third-order valence-corrected chi connectivity index (χ3v) is 2.56. The van der Waals surface area contributed by atoms with Crippen LogP contribution in [-0.4, -0.2) is 0 Å². The number of hydrogen-bond acceptors (Lipinski definition) is 1. The van der Waals surface area contributed by atoms with E-state index < -0.39 is 0 Å². The number of hydrogen-bond donors (Lipinski definition) is 0. The first-order valence-electron chi connectivity index (χ1n) is 4.84. The van der Waals surface area contributed by atoms with Crippen LogP contribution >= 0.6 is 0 Å². The zero-order chi connectivity index (χ0) is 10.6. The van der Waals surface area contributed by atoms with Gasteiger partial charge >= 0.3 is 0 Å². The van der Waals surface area contributed by atoms with E-state index >= 15 is 0 Å². The largest absolute Gasteiger partial charge is 0.207 e. The van der Waals surface area contributed by atoms with E-state index in [1.165, 1.54) is 12.1 Å². The van der Waals surface area contributed by atoms with Crippen molar-refractivity contribution in [2.24, 2.45) is 5.92 Å². The Bertz CT molecular complexity index is 340. The first kappa shape index (κ1) is 10.7. The number of halogens is 1. The molecule has 2 atom stereocenters. The minimum Gasteiger partial charge on any atom is -0.207 e. The molecule has 1 rings (SSSR count). The summed E-state index contributed by atoms with van der Waals surface area (Å²) in [5.41, 5.74) is 0.779. The lowest BCUT2D eigenvalue weighted by Gasteiger charge is -2.15. The van der Waals surface area contributed by atoms with Crippen molar-refractivity contribution in [3.05, 3.63) is 35.6 Å². The van der Waals surface area contributed by atoms with Gasteiger partial charge < -0.3 is 0 Å². The Labute approximate surface area is 84.2 Å². The van der Waals surface area contributed by atoms with Gasteiger partial charge in [0.05, 0.1) is 12.0 Å². The standard InChI is InChI=1S/C12H14FN/c1-3-9(2)12(8-14)10-5-4-6-11(13)7-10/h4-7,9,12H,3H2,1-2H3. The number of nitriles is 1. The van der Waals surface area contributed by atoms with Crippen LogP contribution in [0.1, 0.15) is 31.7 Å². The second kappa shape index (κ2) is 4.76. The van der Waals surface area contributed by atoms with Crippen molar-refractivity contribution in [3.63, 3.8) is 0 Å². The fourth-order valence-electron chi connectivity index (χ4n) is 1.47. The average Bonchev–Trinajstić information content (AvgIpc) is 2.19. The molecule has 0 amide bonds. The summed E-state index contributed by atoms with van der Waals surface area (Å²) in [5, 5.41) is 9.00. The number of rotatable bonds is 3. The lowest BCUT2D eigenvalue weighted by molar-refractivity contribution is 0.511. The van der Waals surface area contributed by atoms with Crippen molar-refractivity contribution >= 4 is 0 Å². The molecule has 0 heterocycles. The lowest BCUT2D eigenvalue weighted by atomic mass is 9.87. The molecular weight excluding hydrogens is 177 g/mol. The highest BCUT2D eigenvalue weighted by molar-refractivity contribution is 5.26. The molecule has 2 heteroatoms. The summed E-state index contributed by atoms with van der Waals surface area (Å²) in [4.78, 5) is 0. The number of nitrogens with zero attached hydrogens (tertiary/aromatic N) is 1. The van der Waals surface area contributed by atoms with Gasteiger partial charge in [-0.15, -0.1) is 0 Å². The van der Waals surface area contributed by atoms with Crippen molar-refractivity contribution in [3.8, 4) is 6.07 Å². The highest BCUT2D eigenvalue weighted by Crippen LogP contribution is 2.26. The summed E-state index contributed by atoms with van der Waals surface area (Å²) >= 11 is 0.